The zero-order valence-corrected chi connectivity index (χ0v) is 21.4. The number of esters is 1. The number of nitrogens with zero attached hydrogens (tertiary/aromatic N) is 5. The molecule has 0 spiro atoms. The number of hydrogen-bond acceptors (Lipinski definition) is 8. The van der Waals surface area contributed by atoms with Gasteiger partial charge in [0.2, 0.25) is 0 Å². The number of carbonyl (C=O) groups is 2. The molecule has 0 fully saturated rings. The third-order valence-corrected chi connectivity index (χ3v) is 5.74. The molecule has 0 aliphatic rings. The monoisotopic (exact) mass is 536 g/mol. The van der Waals surface area contributed by atoms with Crippen LogP contribution in [0.4, 0.5) is 25.1 Å². The number of ether oxygens (including phenoxy) is 1. The van der Waals surface area contributed by atoms with Crippen LogP contribution in [0.15, 0.2) is 54.7 Å². The molecule has 202 valence electrons. The second-order valence-electron chi connectivity index (χ2n) is 9.03. The van der Waals surface area contributed by atoms with Gasteiger partial charge in [-0.1, -0.05) is 32.0 Å². The number of carbonyl (C=O) groups excluding carboxylic acids is 2. The molecule has 39 heavy (non-hydrogen) atoms. The molecule has 0 bridgehead atoms. The van der Waals surface area contributed by atoms with Gasteiger partial charge in [0.05, 0.1) is 12.7 Å². The highest BCUT2D eigenvalue weighted by Crippen LogP contribution is 2.31. The molecule has 13 heteroatoms. The average Bonchev–Trinajstić information content (AvgIpc) is 3.39. The molecule has 2 aromatic heterocycles. The second kappa shape index (κ2) is 11.6. The predicted molar refractivity (Wildman–Crippen MR) is 140 cm³/mol. The highest BCUT2D eigenvalue weighted by molar-refractivity contribution is 5.93. The van der Waals surface area contributed by atoms with E-state index < -0.39 is 29.7 Å². The van der Waals surface area contributed by atoms with Gasteiger partial charge in [-0.25, -0.2) is 23.4 Å². The number of methoxy groups -OCH3 is 1. The van der Waals surface area contributed by atoms with Gasteiger partial charge in [-0.05, 0) is 58.7 Å². The number of pyridine rings is 1. The summed E-state index contributed by atoms with van der Waals surface area (Å²) in [5.41, 5.74) is 7.88. The first-order valence-electron chi connectivity index (χ1n) is 11.9. The minimum atomic E-state index is -1.12. The maximum absolute atomic E-state index is 14.5. The van der Waals surface area contributed by atoms with Gasteiger partial charge in [-0.2, -0.15) is 4.68 Å². The van der Waals surface area contributed by atoms with Crippen molar-refractivity contribution in [3.8, 4) is 28.2 Å². The predicted octanol–water partition coefficient (Wildman–Crippen LogP) is 3.96. The van der Waals surface area contributed by atoms with E-state index in [0.717, 1.165) is 10.7 Å². The zero-order chi connectivity index (χ0) is 28.1. The SMILES string of the molecule is COC(=O)[C@H](CC(C)C)NC(=O)Nc1cccc(-c2cnc(N)c(-c3nnnn3-c3cccc(F)c3F)c2)c1. The van der Waals surface area contributed by atoms with E-state index in [2.05, 4.69) is 31.1 Å². The fourth-order valence-electron chi connectivity index (χ4n) is 3.92. The van der Waals surface area contributed by atoms with Gasteiger partial charge in [0, 0.05) is 17.4 Å². The Kier molecular flexibility index (Phi) is 8.08. The molecule has 4 aromatic rings. The first-order chi connectivity index (χ1) is 18.7. The molecule has 0 saturated heterocycles. The molecular weight excluding hydrogens is 510 g/mol. The zero-order valence-electron chi connectivity index (χ0n) is 21.4. The molecule has 2 heterocycles. The number of nitrogen functional groups attached to an aromatic ring is 1. The Balaban J connectivity index is 1.60. The Morgan fingerprint density at radius 3 is 2.62 bits per heavy atom. The van der Waals surface area contributed by atoms with Crippen molar-refractivity contribution in [2.45, 2.75) is 26.3 Å². The first kappa shape index (κ1) is 27.1. The first-order valence-corrected chi connectivity index (χ1v) is 11.9. The lowest BCUT2D eigenvalue weighted by Gasteiger charge is -2.18. The van der Waals surface area contributed by atoms with Crippen LogP contribution in [0.5, 0.6) is 0 Å². The highest BCUT2D eigenvalue weighted by atomic mass is 19.2. The van der Waals surface area contributed by atoms with Gasteiger partial charge < -0.3 is 21.1 Å². The van der Waals surface area contributed by atoms with E-state index in [1.807, 2.05) is 13.8 Å². The normalized spacial score (nSPS) is 11.7. The number of nitrogens with one attached hydrogen (secondary N) is 2. The molecule has 0 radical (unpaired) electrons. The number of hydrogen-bond donors (Lipinski definition) is 3. The number of anilines is 2. The van der Waals surface area contributed by atoms with Gasteiger partial charge >= 0.3 is 12.0 Å². The molecular formula is C26H26F2N8O3. The minimum Gasteiger partial charge on any atom is -0.467 e. The summed E-state index contributed by atoms with van der Waals surface area (Å²) < 4.78 is 34.1. The van der Waals surface area contributed by atoms with Gasteiger partial charge in [0.1, 0.15) is 17.5 Å². The van der Waals surface area contributed by atoms with Crippen molar-refractivity contribution in [3.05, 3.63) is 66.4 Å². The van der Waals surface area contributed by atoms with E-state index >= 15 is 0 Å². The van der Waals surface area contributed by atoms with Crippen molar-refractivity contribution in [3.63, 3.8) is 0 Å². The lowest BCUT2D eigenvalue weighted by atomic mass is 10.0. The topological polar surface area (TPSA) is 150 Å². The van der Waals surface area contributed by atoms with Gasteiger partial charge in [0.15, 0.2) is 17.5 Å². The number of amides is 2. The van der Waals surface area contributed by atoms with Crippen LogP contribution in [-0.2, 0) is 9.53 Å². The summed E-state index contributed by atoms with van der Waals surface area (Å²) in [5.74, 6) is -2.42. The highest BCUT2D eigenvalue weighted by Gasteiger charge is 2.23. The van der Waals surface area contributed by atoms with Crippen molar-refractivity contribution in [2.24, 2.45) is 5.92 Å². The summed E-state index contributed by atoms with van der Waals surface area (Å²) >= 11 is 0. The van der Waals surface area contributed by atoms with Gasteiger partial charge in [-0.15, -0.1) is 5.10 Å². The van der Waals surface area contributed by atoms with Crippen molar-refractivity contribution < 1.29 is 23.1 Å². The van der Waals surface area contributed by atoms with Gasteiger partial charge in [0.25, 0.3) is 0 Å². The summed E-state index contributed by atoms with van der Waals surface area (Å²) in [6, 6.07) is 10.8. The van der Waals surface area contributed by atoms with Crippen LogP contribution in [0.25, 0.3) is 28.2 Å². The van der Waals surface area contributed by atoms with Crippen molar-refractivity contribution in [2.75, 3.05) is 18.2 Å². The molecule has 4 rings (SSSR count). The Morgan fingerprint density at radius 1 is 1.10 bits per heavy atom. The number of halogens is 2. The summed E-state index contributed by atoms with van der Waals surface area (Å²) in [7, 11) is 1.26. The van der Waals surface area contributed by atoms with E-state index in [0.29, 0.717) is 23.2 Å². The number of tetrazole rings is 1. The van der Waals surface area contributed by atoms with E-state index in [9.17, 15) is 18.4 Å². The second-order valence-corrected chi connectivity index (χ2v) is 9.03. The third-order valence-electron chi connectivity index (χ3n) is 5.74. The molecule has 4 N–H and O–H groups in total. The van der Waals surface area contributed by atoms with E-state index in [-0.39, 0.29) is 28.8 Å². The minimum absolute atomic E-state index is 0.0546. The summed E-state index contributed by atoms with van der Waals surface area (Å²) in [4.78, 5) is 28.9. The molecule has 0 unspecified atom stereocenters. The van der Waals surface area contributed by atoms with Crippen LogP contribution >= 0.6 is 0 Å². The molecule has 0 saturated carbocycles. The molecule has 11 nitrogen and oxygen atoms in total. The Labute approximate surface area is 222 Å². The standard InChI is InChI=1S/C26H26F2N8O3/c1-14(2)10-20(25(37)39-3)32-26(38)31-17-7-4-6-15(11-17)16-12-18(23(29)30-13-16)24-33-34-35-36(24)21-9-5-8-19(27)22(21)28/h4-9,11-14,20H,10H2,1-3H3,(H2,29,30)(H2,31,32,38)/t20-/m0/s1. The number of rotatable bonds is 8. The number of urea groups is 1. The molecule has 0 aliphatic heterocycles. The average molecular weight is 537 g/mol. The maximum Gasteiger partial charge on any atom is 0.328 e. The number of aromatic nitrogens is 5. The lowest BCUT2D eigenvalue weighted by molar-refractivity contribution is -0.143. The number of benzene rings is 2. The fraction of sp³-hybridized carbons (Fsp3) is 0.231. The Bertz CT molecular complexity index is 1510. The Hall–Kier alpha value is -4.94. The molecule has 0 aliphatic carbocycles. The van der Waals surface area contributed by atoms with E-state index in [1.165, 1.54) is 25.4 Å². The van der Waals surface area contributed by atoms with Crippen LogP contribution in [0, 0.1) is 17.6 Å². The Morgan fingerprint density at radius 2 is 1.87 bits per heavy atom. The van der Waals surface area contributed by atoms with E-state index in [1.54, 1.807) is 30.3 Å². The molecule has 2 aromatic carbocycles. The summed E-state index contributed by atoms with van der Waals surface area (Å²) in [6.45, 7) is 3.86. The third kappa shape index (κ3) is 6.14. The van der Waals surface area contributed by atoms with Crippen molar-refractivity contribution in [1.29, 1.82) is 0 Å². The van der Waals surface area contributed by atoms with Crippen molar-refractivity contribution in [1.82, 2.24) is 30.5 Å². The van der Waals surface area contributed by atoms with Crippen LogP contribution < -0.4 is 16.4 Å². The van der Waals surface area contributed by atoms with E-state index in [4.69, 9.17) is 10.5 Å². The number of nitrogens with two attached hydrogens (primary N) is 1. The lowest BCUT2D eigenvalue weighted by Crippen LogP contribution is -2.44. The smallest absolute Gasteiger partial charge is 0.328 e. The molecule has 2 amide bonds. The maximum atomic E-state index is 14.5. The quantitative estimate of drug-likeness (QED) is 0.287. The summed E-state index contributed by atoms with van der Waals surface area (Å²) in [6.07, 6.45) is 1.93. The van der Waals surface area contributed by atoms with Crippen LogP contribution in [0.2, 0.25) is 0 Å². The van der Waals surface area contributed by atoms with Crippen LogP contribution in [0.1, 0.15) is 20.3 Å². The largest absolute Gasteiger partial charge is 0.467 e. The van der Waals surface area contributed by atoms with Crippen LogP contribution in [0.3, 0.4) is 0 Å². The summed E-state index contributed by atoms with van der Waals surface area (Å²) in [5, 5.41) is 16.7. The fourth-order valence-corrected chi connectivity index (χ4v) is 3.92. The van der Waals surface area contributed by atoms with Crippen molar-refractivity contribution >= 4 is 23.5 Å². The molecule has 1 atom stereocenters. The van der Waals surface area contributed by atoms with Gasteiger partial charge in [-0.3, -0.25) is 0 Å². The van der Waals surface area contributed by atoms with Crippen LogP contribution in [-0.4, -0.2) is 50.3 Å².